The van der Waals surface area contributed by atoms with Gasteiger partial charge in [-0.1, -0.05) is 60.7 Å². The summed E-state index contributed by atoms with van der Waals surface area (Å²) >= 11 is 0. The monoisotopic (exact) mass is 339 g/mol. The summed E-state index contributed by atoms with van der Waals surface area (Å²) in [5.41, 5.74) is 5.35. The highest BCUT2D eigenvalue weighted by molar-refractivity contribution is 6.13. The molecular formula is C19H15F2N3O. The number of alkyl halides is 2. The van der Waals surface area contributed by atoms with Gasteiger partial charge in [0.25, 0.3) is 0 Å². The van der Waals surface area contributed by atoms with Crippen LogP contribution in [0.4, 0.5) is 14.6 Å². The van der Waals surface area contributed by atoms with Gasteiger partial charge in [0.1, 0.15) is 11.6 Å². The summed E-state index contributed by atoms with van der Waals surface area (Å²) in [6.45, 7) is -2.89. The molecule has 3 aromatic rings. The van der Waals surface area contributed by atoms with E-state index >= 15 is 0 Å². The molecule has 6 heteroatoms. The molecular weight excluding hydrogens is 324 g/mol. The second kappa shape index (κ2) is 8.01. The van der Waals surface area contributed by atoms with Gasteiger partial charge in [0.05, 0.1) is 5.71 Å². The Bertz CT molecular complexity index is 798. The van der Waals surface area contributed by atoms with Crippen molar-refractivity contribution in [2.75, 3.05) is 5.43 Å². The topological polar surface area (TPSA) is 46.5 Å². The predicted octanol–water partition coefficient (Wildman–Crippen LogP) is 4.55. The Kier molecular flexibility index (Phi) is 5.31. The Morgan fingerprint density at radius 2 is 1.52 bits per heavy atom. The Hall–Kier alpha value is -3.28. The van der Waals surface area contributed by atoms with Crippen molar-refractivity contribution in [3.63, 3.8) is 0 Å². The van der Waals surface area contributed by atoms with E-state index in [-0.39, 0.29) is 5.75 Å². The summed E-state index contributed by atoms with van der Waals surface area (Å²) < 4.78 is 29.0. The maximum absolute atomic E-state index is 12.3. The van der Waals surface area contributed by atoms with E-state index in [1.165, 1.54) is 18.3 Å². The predicted molar refractivity (Wildman–Crippen MR) is 93.0 cm³/mol. The molecule has 1 heterocycles. The number of nitrogens with zero attached hydrogens (tertiary/aromatic N) is 2. The maximum Gasteiger partial charge on any atom is 0.387 e. The van der Waals surface area contributed by atoms with Crippen LogP contribution in [0.2, 0.25) is 0 Å². The molecule has 3 rings (SSSR count). The fourth-order valence-electron chi connectivity index (χ4n) is 2.25. The molecule has 0 saturated carbocycles. The van der Waals surface area contributed by atoms with Gasteiger partial charge in [-0.25, -0.2) is 4.98 Å². The van der Waals surface area contributed by atoms with Crippen LogP contribution in [0.3, 0.4) is 0 Å². The van der Waals surface area contributed by atoms with Gasteiger partial charge in [0.15, 0.2) is 0 Å². The van der Waals surface area contributed by atoms with Crippen LogP contribution < -0.4 is 10.2 Å². The van der Waals surface area contributed by atoms with Gasteiger partial charge in [-0.05, 0) is 6.07 Å². The van der Waals surface area contributed by atoms with Crippen LogP contribution in [0.25, 0.3) is 0 Å². The van der Waals surface area contributed by atoms with E-state index in [0.29, 0.717) is 11.5 Å². The van der Waals surface area contributed by atoms with Crippen LogP contribution in [0.5, 0.6) is 5.75 Å². The minimum Gasteiger partial charge on any atom is -0.435 e. The van der Waals surface area contributed by atoms with E-state index in [2.05, 4.69) is 20.2 Å². The van der Waals surface area contributed by atoms with Crippen molar-refractivity contribution in [1.82, 2.24) is 4.98 Å². The second-order valence-corrected chi connectivity index (χ2v) is 5.06. The number of benzene rings is 2. The molecule has 0 radical (unpaired) electrons. The minimum absolute atomic E-state index is 0.0173. The molecule has 0 amide bonds. The van der Waals surface area contributed by atoms with Crippen molar-refractivity contribution in [3.8, 4) is 5.75 Å². The van der Waals surface area contributed by atoms with Gasteiger partial charge in [-0.2, -0.15) is 13.9 Å². The van der Waals surface area contributed by atoms with Crippen molar-refractivity contribution in [2.24, 2.45) is 5.10 Å². The summed E-state index contributed by atoms with van der Waals surface area (Å²) in [4.78, 5) is 4.06. The Morgan fingerprint density at radius 3 is 2.08 bits per heavy atom. The van der Waals surface area contributed by atoms with Crippen molar-refractivity contribution in [3.05, 3.63) is 90.1 Å². The van der Waals surface area contributed by atoms with Crippen LogP contribution >= 0.6 is 0 Å². The second-order valence-electron chi connectivity index (χ2n) is 5.06. The van der Waals surface area contributed by atoms with Gasteiger partial charge < -0.3 is 4.74 Å². The quantitative estimate of drug-likeness (QED) is 0.529. The number of ether oxygens (including phenoxy) is 1. The highest BCUT2D eigenvalue weighted by Gasteiger charge is 2.08. The number of aromatic nitrogens is 1. The molecule has 0 aliphatic carbocycles. The van der Waals surface area contributed by atoms with Crippen molar-refractivity contribution in [2.45, 2.75) is 6.61 Å². The third-order valence-electron chi connectivity index (χ3n) is 3.33. The van der Waals surface area contributed by atoms with Crippen LogP contribution in [0, 0.1) is 0 Å². The minimum atomic E-state index is -2.89. The van der Waals surface area contributed by atoms with Gasteiger partial charge in [-0.15, -0.1) is 0 Å². The molecule has 0 saturated heterocycles. The number of nitrogens with one attached hydrogen (secondary N) is 1. The summed E-state index contributed by atoms with van der Waals surface area (Å²) in [7, 11) is 0. The number of pyridine rings is 1. The lowest BCUT2D eigenvalue weighted by molar-refractivity contribution is -0.0498. The fourth-order valence-corrected chi connectivity index (χ4v) is 2.25. The third-order valence-corrected chi connectivity index (χ3v) is 3.33. The van der Waals surface area contributed by atoms with Crippen LogP contribution in [-0.4, -0.2) is 17.3 Å². The van der Waals surface area contributed by atoms with Crippen molar-refractivity contribution in [1.29, 1.82) is 0 Å². The third kappa shape index (κ3) is 4.60. The summed E-state index contributed by atoms with van der Waals surface area (Å²) in [5, 5.41) is 4.42. The first kappa shape index (κ1) is 16.6. The van der Waals surface area contributed by atoms with Gasteiger partial charge in [-0.3, -0.25) is 5.43 Å². The number of halogens is 2. The average molecular weight is 339 g/mol. The Balaban J connectivity index is 1.89. The molecule has 0 unspecified atom stereocenters. The normalized spacial score (nSPS) is 10.4. The summed E-state index contributed by atoms with van der Waals surface area (Å²) in [6, 6.07) is 22.0. The Labute approximate surface area is 143 Å². The fraction of sp³-hybridized carbons (Fsp3) is 0.0526. The number of rotatable bonds is 6. The first-order valence-electron chi connectivity index (χ1n) is 7.58. The molecule has 0 fully saturated rings. The summed E-state index contributed by atoms with van der Waals surface area (Å²) in [5.74, 6) is 0.325. The highest BCUT2D eigenvalue weighted by atomic mass is 19.3. The van der Waals surface area contributed by atoms with Crippen molar-refractivity contribution >= 4 is 11.5 Å². The molecule has 25 heavy (non-hydrogen) atoms. The number of hydrazone groups is 1. The van der Waals surface area contributed by atoms with E-state index in [1.54, 1.807) is 0 Å². The molecule has 0 bridgehead atoms. The first-order chi connectivity index (χ1) is 12.2. The van der Waals surface area contributed by atoms with E-state index < -0.39 is 6.61 Å². The maximum atomic E-state index is 12.3. The molecule has 0 atom stereocenters. The van der Waals surface area contributed by atoms with Gasteiger partial charge in [0.2, 0.25) is 0 Å². The standard InChI is InChI=1S/C19H15F2N3O/c20-19(21)25-16-11-12-22-17(13-16)23-24-18(14-7-3-1-4-8-14)15-9-5-2-6-10-15/h1-13,19H,(H,22,23). The molecule has 0 aliphatic heterocycles. The summed E-state index contributed by atoms with van der Waals surface area (Å²) in [6.07, 6.45) is 1.38. The lowest BCUT2D eigenvalue weighted by Crippen LogP contribution is -2.07. The average Bonchev–Trinajstić information content (AvgIpc) is 2.63. The number of hydrogen-bond donors (Lipinski definition) is 1. The van der Waals surface area contributed by atoms with E-state index in [0.717, 1.165) is 11.1 Å². The zero-order valence-corrected chi connectivity index (χ0v) is 13.1. The van der Waals surface area contributed by atoms with E-state index in [4.69, 9.17) is 0 Å². The molecule has 1 aromatic heterocycles. The lowest BCUT2D eigenvalue weighted by Gasteiger charge is -2.09. The zero-order valence-electron chi connectivity index (χ0n) is 13.1. The molecule has 0 spiro atoms. The number of hydrogen-bond acceptors (Lipinski definition) is 4. The largest absolute Gasteiger partial charge is 0.435 e. The smallest absolute Gasteiger partial charge is 0.387 e. The molecule has 4 nitrogen and oxygen atoms in total. The first-order valence-corrected chi connectivity index (χ1v) is 7.58. The van der Waals surface area contributed by atoms with Crippen LogP contribution in [-0.2, 0) is 0 Å². The van der Waals surface area contributed by atoms with Gasteiger partial charge >= 0.3 is 6.61 Å². The molecule has 1 N–H and O–H groups in total. The van der Waals surface area contributed by atoms with Crippen LogP contribution in [0.1, 0.15) is 11.1 Å². The SMILES string of the molecule is FC(F)Oc1ccnc(NN=C(c2ccccc2)c2ccccc2)c1. The number of anilines is 1. The highest BCUT2D eigenvalue weighted by Crippen LogP contribution is 2.18. The van der Waals surface area contributed by atoms with Crippen LogP contribution in [0.15, 0.2) is 84.1 Å². The Morgan fingerprint density at radius 1 is 0.920 bits per heavy atom. The van der Waals surface area contributed by atoms with E-state index in [9.17, 15) is 8.78 Å². The van der Waals surface area contributed by atoms with E-state index in [1.807, 2.05) is 60.7 Å². The zero-order chi connectivity index (χ0) is 17.5. The molecule has 126 valence electrons. The van der Waals surface area contributed by atoms with Gasteiger partial charge in [0, 0.05) is 23.4 Å². The molecule has 0 aliphatic rings. The molecule has 2 aromatic carbocycles. The van der Waals surface area contributed by atoms with Crippen molar-refractivity contribution < 1.29 is 13.5 Å². The lowest BCUT2D eigenvalue weighted by atomic mass is 10.0.